The van der Waals surface area contributed by atoms with E-state index < -0.39 is 0 Å². The quantitative estimate of drug-likeness (QED) is 0.846. The number of amidine groups is 1. The molecule has 2 rings (SSSR count). The molecule has 0 aliphatic carbocycles. The normalized spacial score (nSPS) is 21.4. The third kappa shape index (κ3) is 3.01. The molecule has 0 spiro atoms. The number of hydrogen-bond donors (Lipinski definition) is 1. The lowest BCUT2D eigenvalue weighted by molar-refractivity contribution is 0.259. The number of rotatable bonds is 1. The first-order chi connectivity index (χ1) is 8.56. The molecule has 0 aromatic heterocycles. The molecule has 1 unspecified atom stereocenters. The van der Waals surface area contributed by atoms with Crippen LogP contribution in [0.2, 0.25) is 5.02 Å². The zero-order chi connectivity index (χ0) is 13.1. The molecule has 1 saturated heterocycles. The molecule has 2 amide bonds. The summed E-state index contributed by atoms with van der Waals surface area (Å²) in [5, 5.41) is 3.30. The van der Waals surface area contributed by atoms with Crippen LogP contribution in [0.3, 0.4) is 0 Å². The number of anilines is 1. The Morgan fingerprint density at radius 2 is 2.33 bits per heavy atom. The highest BCUT2D eigenvalue weighted by Gasteiger charge is 2.22. The first-order valence-corrected chi connectivity index (χ1v) is 6.31. The Hall–Kier alpha value is -1.55. The Morgan fingerprint density at radius 3 is 2.94 bits per heavy atom. The van der Waals surface area contributed by atoms with Gasteiger partial charge in [0, 0.05) is 30.2 Å². The molecule has 1 fully saturated rings. The molecule has 1 aliphatic heterocycles. The predicted molar refractivity (Wildman–Crippen MR) is 74.4 cm³/mol. The molecule has 1 aromatic rings. The van der Waals surface area contributed by atoms with Gasteiger partial charge in [-0.3, -0.25) is 0 Å². The Bertz CT molecular complexity index is 487. The van der Waals surface area contributed by atoms with Gasteiger partial charge in [0.15, 0.2) is 0 Å². The third-order valence-electron chi connectivity index (χ3n) is 3.16. The van der Waals surface area contributed by atoms with Crippen LogP contribution in [0.1, 0.15) is 19.8 Å². The molecule has 96 valence electrons. The smallest absolute Gasteiger partial charge is 0.347 e. The fraction of sp³-hybridized carbons (Fsp3) is 0.385. The van der Waals surface area contributed by atoms with E-state index in [1.165, 1.54) is 0 Å². The van der Waals surface area contributed by atoms with Crippen LogP contribution in [0.25, 0.3) is 0 Å². The molecular formula is C13H16ClN3O. The van der Waals surface area contributed by atoms with Crippen molar-refractivity contribution in [1.29, 1.82) is 0 Å². The standard InChI is InChI=1S/C13H16ClN3O/c1-9-6-7-12(17(9)2)16-13(18)15-11-5-3-4-10(14)8-11/h3-5,8-9H,6-7H2,1-2H3,(H,15,18)/b16-12-. The molecule has 5 heteroatoms. The number of carbonyl (C=O) groups is 1. The average Bonchev–Trinajstić information content (AvgIpc) is 2.61. The zero-order valence-electron chi connectivity index (χ0n) is 10.5. The number of nitrogens with one attached hydrogen (secondary N) is 1. The minimum atomic E-state index is -0.354. The molecule has 4 nitrogen and oxygen atoms in total. The lowest BCUT2D eigenvalue weighted by Crippen LogP contribution is -2.27. The Labute approximate surface area is 112 Å². The van der Waals surface area contributed by atoms with Crippen LogP contribution in [-0.2, 0) is 0 Å². The van der Waals surface area contributed by atoms with Crippen LogP contribution in [0.4, 0.5) is 10.5 Å². The fourth-order valence-corrected chi connectivity index (χ4v) is 2.12. The van der Waals surface area contributed by atoms with Gasteiger partial charge in [0.25, 0.3) is 0 Å². The zero-order valence-corrected chi connectivity index (χ0v) is 11.2. The van der Waals surface area contributed by atoms with Crippen LogP contribution < -0.4 is 5.32 Å². The number of amides is 2. The Morgan fingerprint density at radius 1 is 1.56 bits per heavy atom. The van der Waals surface area contributed by atoms with Crippen LogP contribution in [0.5, 0.6) is 0 Å². The van der Waals surface area contributed by atoms with E-state index in [2.05, 4.69) is 17.2 Å². The molecule has 0 bridgehead atoms. The van der Waals surface area contributed by atoms with E-state index in [1.54, 1.807) is 24.3 Å². The van der Waals surface area contributed by atoms with Gasteiger partial charge in [-0.05, 0) is 31.5 Å². The van der Waals surface area contributed by atoms with Crippen molar-refractivity contribution in [2.75, 3.05) is 12.4 Å². The van der Waals surface area contributed by atoms with Crippen LogP contribution >= 0.6 is 11.6 Å². The summed E-state index contributed by atoms with van der Waals surface area (Å²) in [5.41, 5.74) is 0.658. The van der Waals surface area contributed by atoms with Crippen LogP contribution in [0, 0.1) is 0 Å². The minimum Gasteiger partial charge on any atom is -0.360 e. The number of nitrogens with zero attached hydrogens (tertiary/aromatic N) is 2. The molecule has 1 heterocycles. The van der Waals surface area contributed by atoms with Crippen molar-refractivity contribution in [3.63, 3.8) is 0 Å². The third-order valence-corrected chi connectivity index (χ3v) is 3.40. The maximum atomic E-state index is 11.8. The van der Waals surface area contributed by atoms with E-state index in [1.807, 2.05) is 11.9 Å². The number of hydrogen-bond acceptors (Lipinski definition) is 1. The van der Waals surface area contributed by atoms with Gasteiger partial charge >= 0.3 is 6.03 Å². The molecule has 1 aliphatic rings. The van der Waals surface area contributed by atoms with Crippen molar-refractivity contribution in [1.82, 2.24) is 4.90 Å². The van der Waals surface area contributed by atoms with Crippen LogP contribution in [0.15, 0.2) is 29.3 Å². The maximum absolute atomic E-state index is 11.8. The summed E-state index contributed by atoms with van der Waals surface area (Å²) < 4.78 is 0. The van der Waals surface area contributed by atoms with Gasteiger partial charge in [-0.15, -0.1) is 0 Å². The van der Waals surface area contributed by atoms with Gasteiger partial charge < -0.3 is 10.2 Å². The fourth-order valence-electron chi connectivity index (χ4n) is 1.93. The summed E-state index contributed by atoms with van der Waals surface area (Å²) in [5.74, 6) is 0.835. The summed E-state index contributed by atoms with van der Waals surface area (Å²) in [4.78, 5) is 17.9. The number of halogens is 1. The van der Waals surface area contributed by atoms with Gasteiger partial charge in [0.05, 0.1) is 0 Å². The number of carbonyl (C=O) groups excluding carboxylic acids is 1. The molecule has 0 saturated carbocycles. The summed E-state index contributed by atoms with van der Waals surface area (Å²) >= 11 is 5.85. The van der Waals surface area contributed by atoms with Gasteiger partial charge in [0.2, 0.25) is 0 Å². The van der Waals surface area contributed by atoms with E-state index in [4.69, 9.17) is 11.6 Å². The number of likely N-dealkylation sites (tertiary alicyclic amines) is 1. The average molecular weight is 266 g/mol. The second kappa shape index (κ2) is 5.40. The second-order valence-corrected chi connectivity index (χ2v) is 4.90. The first-order valence-electron chi connectivity index (χ1n) is 5.93. The van der Waals surface area contributed by atoms with Gasteiger partial charge in [-0.1, -0.05) is 17.7 Å². The lowest BCUT2D eigenvalue weighted by atomic mass is 10.2. The SMILES string of the molecule is CC1CC/C(=N/C(=O)Nc2cccc(Cl)c2)N1C. The molecule has 1 aromatic carbocycles. The first kappa shape index (κ1) is 12.9. The summed E-state index contributed by atoms with van der Waals surface area (Å²) in [6.07, 6.45) is 1.89. The van der Waals surface area contributed by atoms with E-state index >= 15 is 0 Å². The molecule has 1 N–H and O–H groups in total. The summed E-state index contributed by atoms with van der Waals surface area (Å²) in [7, 11) is 1.96. The van der Waals surface area contributed by atoms with Crippen molar-refractivity contribution in [3.8, 4) is 0 Å². The predicted octanol–water partition coefficient (Wildman–Crippen LogP) is 3.38. The largest absolute Gasteiger partial charge is 0.360 e. The van der Waals surface area contributed by atoms with Gasteiger partial charge in [0.1, 0.15) is 5.84 Å². The van der Waals surface area contributed by atoms with Crippen molar-refractivity contribution in [3.05, 3.63) is 29.3 Å². The highest BCUT2D eigenvalue weighted by Crippen LogP contribution is 2.18. The molecule has 18 heavy (non-hydrogen) atoms. The van der Waals surface area contributed by atoms with Crippen molar-refractivity contribution >= 4 is 29.2 Å². The van der Waals surface area contributed by atoms with Crippen molar-refractivity contribution in [2.24, 2.45) is 4.99 Å². The summed E-state index contributed by atoms with van der Waals surface area (Å²) in [6.45, 7) is 2.12. The lowest BCUT2D eigenvalue weighted by Gasteiger charge is -2.17. The van der Waals surface area contributed by atoms with Crippen molar-refractivity contribution < 1.29 is 4.79 Å². The van der Waals surface area contributed by atoms with E-state index in [0.29, 0.717) is 16.8 Å². The Kier molecular flexibility index (Phi) is 3.87. The Balaban J connectivity index is 2.03. The number of urea groups is 1. The topological polar surface area (TPSA) is 44.7 Å². The molecular weight excluding hydrogens is 250 g/mol. The number of aliphatic imine (C=N–C) groups is 1. The minimum absolute atomic E-state index is 0.354. The van der Waals surface area contributed by atoms with Gasteiger partial charge in [-0.2, -0.15) is 4.99 Å². The van der Waals surface area contributed by atoms with Crippen LogP contribution in [-0.4, -0.2) is 29.9 Å². The van der Waals surface area contributed by atoms with Gasteiger partial charge in [-0.25, -0.2) is 4.79 Å². The maximum Gasteiger partial charge on any atom is 0.347 e. The van der Waals surface area contributed by atoms with E-state index in [9.17, 15) is 4.79 Å². The highest BCUT2D eigenvalue weighted by atomic mass is 35.5. The van der Waals surface area contributed by atoms with Crippen molar-refractivity contribution in [2.45, 2.75) is 25.8 Å². The summed E-state index contributed by atoms with van der Waals surface area (Å²) in [6, 6.07) is 7.12. The monoisotopic (exact) mass is 265 g/mol. The van der Waals surface area contributed by atoms with E-state index in [0.717, 1.165) is 18.7 Å². The number of benzene rings is 1. The van der Waals surface area contributed by atoms with E-state index in [-0.39, 0.29) is 6.03 Å². The second-order valence-electron chi connectivity index (χ2n) is 4.47. The highest BCUT2D eigenvalue weighted by molar-refractivity contribution is 6.30. The molecule has 1 atom stereocenters. The molecule has 0 radical (unpaired) electrons.